The molecule has 1 saturated heterocycles. The third kappa shape index (κ3) is 3.75. The van der Waals surface area contributed by atoms with Gasteiger partial charge < -0.3 is 19.9 Å². The van der Waals surface area contributed by atoms with Crippen LogP contribution in [0, 0.1) is 0 Å². The summed E-state index contributed by atoms with van der Waals surface area (Å²) in [6.45, 7) is 8.42. The Morgan fingerprint density at radius 1 is 1.29 bits per heavy atom. The first-order valence-electron chi connectivity index (χ1n) is 7.91. The molecule has 0 saturated carbocycles. The Morgan fingerprint density at radius 2 is 2.00 bits per heavy atom. The summed E-state index contributed by atoms with van der Waals surface area (Å²) in [7, 11) is 0. The van der Waals surface area contributed by atoms with Crippen molar-refractivity contribution in [1.82, 2.24) is 14.5 Å². The number of rotatable bonds is 7. The number of hydrogen-bond acceptors (Lipinski definition) is 5. The topological polar surface area (TPSA) is 73.4 Å². The molecule has 0 unspecified atom stereocenters. The minimum atomic E-state index is -0.428. The quantitative estimate of drug-likeness (QED) is 0.775. The lowest BCUT2D eigenvalue weighted by Crippen LogP contribution is -2.22. The van der Waals surface area contributed by atoms with E-state index in [-0.39, 0.29) is 5.69 Å². The van der Waals surface area contributed by atoms with Gasteiger partial charge in [-0.3, -0.25) is 0 Å². The lowest BCUT2D eigenvalue weighted by molar-refractivity contribution is 0.0521. The maximum absolute atomic E-state index is 11.8. The van der Waals surface area contributed by atoms with Crippen molar-refractivity contribution in [3.8, 4) is 0 Å². The van der Waals surface area contributed by atoms with Gasteiger partial charge in [0, 0.05) is 13.0 Å². The molecule has 0 amide bonds. The monoisotopic (exact) mass is 294 g/mol. The normalized spacial score (nSPS) is 15.5. The molecule has 1 fully saturated rings. The zero-order valence-electron chi connectivity index (χ0n) is 13.1. The molecule has 0 atom stereocenters. The van der Waals surface area contributed by atoms with Gasteiger partial charge in [-0.05, 0) is 45.8 Å². The number of aromatic nitrogens is 2. The van der Waals surface area contributed by atoms with Crippen LogP contribution in [-0.4, -0.2) is 46.7 Å². The van der Waals surface area contributed by atoms with E-state index < -0.39 is 5.97 Å². The molecular formula is C15H26N4O2. The second kappa shape index (κ2) is 7.45. The summed E-state index contributed by atoms with van der Waals surface area (Å²) >= 11 is 0. The van der Waals surface area contributed by atoms with Crippen LogP contribution in [0.1, 0.15) is 49.4 Å². The number of ether oxygens (including phenoxy) is 1. The second-order valence-electron chi connectivity index (χ2n) is 5.39. The summed E-state index contributed by atoms with van der Waals surface area (Å²) in [5.74, 6) is 0.867. The molecule has 0 spiro atoms. The van der Waals surface area contributed by atoms with Crippen LogP contribution in [0.5, 0.6) is 0 Å². The van der Waals surface area contributed by atoms with E-state index in [0.29, 0.717) is 12.4 Å². The molecule has 0 aliphatic carbocycles. The van der Waals surface area contributed by atoms with Gasteiger partial charge in [0.15, 0.2) is 5.69 Å². The predicted octanol–water partition coefficient (Wildman–Crippen LogP) is 1.69. The number of nitrogens with two attached hydrogens (primary N) is 1. The Bertz CT molecular complexity index is 478. The van der Waals surface area contributed by atoms with E-state index in [1.807, 2.05) is 11.5 Å². The number of aryl methyl sites for hydroxylation is 1. The van der Waals surface area contributed by atoms with Gasteiger partial charge in [-0.15, -0.1) is 0 Å². The molecule has 2 heterocycles. The van der Waals surface area contributed by atoms with Crippen molar-refractivity contribution in [2.45, 2.75) is 46.1 Å². The SMILES string of the molecule is CCOC(=O)c1nc(CC)n(CCCN2CCCC2)c1N. The number of imidazole rings is 1. The Morgan fingerprint density at radius 3 is 2.62 bits per heavy atom. The van der Waals surface area contributed by atoms with Crippen LogP contribution in [-0.2, 0) is 17.7 Å². The molecule has 2 N–H and O–H groups in total. The molecule has 2 rings (SSSR count). The molecule has 118 valence electrons. The minimum Gasteiger partial charge on any atom is -0.461 e. The number of nitrogens with zero attached hydrogens (tertiary/aromatic N) is 3. The van der Waals surface area contributed by atoms with Gasteiger partial charge >= 0.3 is 5.97 Å². The molecule has 1 aliphatic heterocycles. The van der Waals surface area contributed by atoms with E-state index in [1.54, 1.807) is 6.92 Å². The van der Waals surface area contributed by atoms with E-state index in [2.05, 4.69) is 9.88 Å². The first kappa shape index (κ1) is 15.8. The summed E-state index contributed by atoms with van der Waals surface area (Å²) in [5.41, 5.74) is 6.35. The Labute approximate surface area is 126 Å². The lowest BCUT2D eigenvalue weighted by atomic mass is 10.3. The van der Waals surface area contributed by atoms with Gasteiger partial charge in [-0.25, -0.2) is 9.78 Å². The van der Waals surface area contributed by atoms with Crippen LogP contribution < -0.4 is 5.73 Å². The Hall–Kier alpha value is -1.56. The summed E-state index contributed by atoms with van der Waals surface area (Å²) < 4.78 is 6.96. The third-order valence-electron chi connectivity index (χ3n) is 3.93. The second-order valence-corrected chi connectivity index (χ2v) is 5.39. The molecule has 6 nitrogen and oxygen atoms in total. The van der Waals surface area contributed by atoms with Gasteiger partial charge in [-0.2, -0.15) is 0 Å². The van der Waals surface area contributed by atoms with E-state index in [0.717, 1.165) is 31.8 Å². The maximum Gasteiger partial charge on any atom is 0.360 e. The van der Waals surface area contributed by atoms with Gasteiger partial charge in [0.25, 0.3) is 0 Å². The predicted molar refractivity (Wildman–Crippen MR) is 82.3 cm³/mol. The number of hydrogen-bond donors (Lipinski definition) is 1. The molecule has 0 radical (unpaired) electrons. The zero-order valence-corrected chi connectivity index (χ0v) is 13.1. The maximum atomic E-state index is 11.8. The number of nitrogen functional groups attached to an aromatic ring is 1. The molecule has 1 aliphatic rings. The summed E-state index contributed by atoms with van der Waals surface area (Å²) in [6, 6.07) is 0. The lowest BCUT2D eigenvalue weighted by Gasteiger charge is -2.15. The van der Waals surface area contributed by atoms with Crippen LogP contribution >= 0.6 is 0 Å². The molecule has 1 aromatic heterocycles. The van der Waals surface area contributed by atoms with Gasteiger partial charge in [0.2, 0.25) is 0 Å². The fraction of sp³-hybridized carbons (Fsp3) is 0.733. The summed E-state index contributed by atoms with van der Waals surface area (Å²) in [5, 5.41) is 0. The number of carbonyl (C=O) groups is 1. The van der Waals surface area contributed by atoms with Crippen LogP contribution in [0.25, 0.3) is 0 Å². The smallest absolute Gasteiger partial charge is 0.360 e. The van der Waals surface area contributed by atoms with Crippen LogP contribution in [0.2, 0.25) is 0 Å². The minimum absolute atomic E-state index is 0.259. The number of carbonyl (C=O) groups excluding carboxylic acids is 1. The van der Waals surface area contributed by atoms with Crippen LogP contribution in [0.15, 0.2) is 0 Å². The molecule has 0 aromatic carbocycles. The first-order chi connectivity index (χ1) is 10.2. The molecule has 21 heavy (non-hydrogen) atoms. The highest BCUT2D eigenvalue weighted by atomic mass is 16.5. The van der Waals surface area contributed by atoms with E-state index in [1.165, 1.54) is 25.9 Å². The van der Waals surface area contributed by atoms with Crippen molar-refractivity contribution < 1.29 is 9.53 Å². The van der Waals surface area contributed by atoms with Crippen molar-refractivity contribution in [3.63, 3.8) is 0 Å². The van der Waals surface area contributed by atoms with Crippen LogP contribution in [0.4, 0.5) is 5.82 Å². The largest absolute Gasteiger partial charge is 0.461 e. The summed E-state index contributed by atoms with van der Waals surface area (Å²) in [6.07, 6.45) is 4.39. The zero-order chi connectivity index (χ0) is 15.2. The van der Waals surface area contributed by atoms with Crippen molar-refractivity contribution in [3.05, 3.63) is 11.5 Å². The van der Waals surface area contributed by atoms with E-state index in [4.69, 9.17) is 10.5 Å². The standard InChI is InChI=1S/C15H26N4O2/c1-3-12-17-13(15(20)21-4-2)14(16)19(12)11-7-10-18-8-5-6-9-18/h3-11,16H2,1-2H3. The Balaban J connectivity index is 2.01. The Kier molecular flexibility index (Phi) is 5.61. The third-order valence-corrected chi connectivity index (χ3v) is 3.93. The fourth-order valence-electron chi connectivity index (χ4n) is 2.84. The molecule has 1 aromatic rings. The molecular weight excluding hydrogens is 268 g/mol. The van der Waals surface area contributed by atoms with Crippen molar-refractivity contribution in [1.29, 1.82) is 0 Å². The van der Waals surface area contributed by atoms with Crippen LogP contribution in [0.3, 0.4) is 0 Å². The number of anilines is 1. The van der Waals surface area contributed by atoms with Gasteiger partial charge in [0.1, 0.15) is 11.6 Å². The van der Waals surface area contributed by atoms with Crippen molar-refractivity contribution in [2.24, 2.45) is 0 Å². The number of esters is 1. The van der Waals surface area contributed by atoms with E-state index >= 15 is 0 Å². The van der Waals surface area contributed by atoms with Crippen molar-refractivity contribution in [2.75, 3.05) is 32.0 Å². The van der Waals surface area contributed by atoms with Gasteiger partial charge in [-0.1, -0.05) is 6.92 Å². The van der Waals surface area contributed by atoms with Gasteiger partial charge in [0.05, 0.1) is 6.61 Å². The highest BCUT2D eigenvalue weighted by Gasteiger charge is 2.20. The average Bonchev–Trinajstić information content (AvgIpc) is 3.08. The summed E-state index contributed by atoms with van der Waals surface area (Å²) in [4.78, 5) is 18.7. The van der Waals surface area contributed by atoms with E-state index in [9.17, 15) is 4.79 Å². The average molecular weight is 294 g/mol. The highest BCUT2D eigenvalue weighted by Crippen LogP contribution is 2.17. The first-order valence-corrected chi connectivity index (χ1v) is 7.91. The highest BCUT2D eigenvalue weighted by molar-refractivity contribution is 5.92. The molecule has 6 heteroatoms. The number of likely N-dealkylation sites (tertiary alicyclic amines) is 1. The van der Waals surface area contributed by atoms with Crippen molar-refractivity contribution >= 4 is 11.8 Å². The molecule has 0 bridgehead atoms. The fourth-order valence-corrected chi connectivity index (χ4v) is 2.84.